The van der Waals surface area contributed by atoms with Crippen molar-refractivity contribution in [1.82, 2.24) is 15.5 Å². The smallest absolute Gasteiger partial charge is 0.251 e. The van der Waals surface area contributed by atoms with Crippen LogP contribution in [0, 0.1) is 0 Å². The lowest BCUT2D eigenvalue weighted by atomic mass is 10.1. The second-order valence-corrected chi connectivity index (χ2v) is 7.15. The number of para-hydroxylation sites is 1. The molecular formula is C22H24N4O3. The molecule has 0 bridgehead atoms. The molecule has 0 saturated carbocycles. The number of amides is 1. The molecule has 1 N–H and O–H groups in total. The number of hydrogen-bond donors (Lipinski definition) is 1. The summed E-state index contributed by atoms with van der Waals surface area (Å²) in [6.07, 6.45) is 1.04. The minimum absolute atomic E-state index is 0.122. The molecule has 0 spiro atoms. The number of benzene rings is 2. The van der Waals surface area contributed by atoms with Crippen LogP contribution in [0.1, 0.15) is 28.7 Å². The van der Waals surface area contributed by atoms with Crippen LogP contribution in [0.4, 0.5) is 5.69 Å². The average Bonchev–Trinajstić information content (AvgIpc) is 3.33. The number of aromatic nitrogens is 2. The van der Waals surface area contributed by atoms with Crippen LogP contribution in [0.3, 0.4) is 0 Å². The first kappa shape index (κ1) is 19.1. The van der Waals surface area contributed by atoms with E-state index in [4.69, 9.17) is 9.15 Å². The number of nitrogens with one attached hydrogen (secondary N) is 1. The third kappa shape index (κ3) is 4.14. The maximum atomic E-state index is 12.6. The van der Waals surface area contributed by atoms with Crippen LogP contribution in [-0.4, -0.2) is 42.3 Å². The van der Waals surface area contributed by atoms with Crippen molar-refractivity contribution in [3.05, 3.63) is 65.5 Å². The van der Waals surface area contributed by atoms with Gasteiger partial charge < -0.3 is 19.4 Å². The van der Waals surface area contributed by atoms with Gasteiger partial charge in [-0.25, -0.2) is 0 Å². The number of rotatable bonds is 7. The highest BCUT2D eigenvalue weighted by atomic mass is 16.5. The molecule has 7 heteroatoms. The number of anilines is 1. The van der Waals surface area contributed by atoms with E-state index in [9.17, 15) is 4.79 Å². The van der Waals surface area contributed by atoms with Gasteiger partial charge in [-0.05, 0) is 43.2 Å². The Kier molecular flexibility index (Phi) is 5.57. The third-order valence-corrected chi connectivity index (χ3v) is 5.09. The number of methoxy groups -OCH3 is 1. The number of carbonyl (C=O) groups excluding carboxylic acids is 1. The van der Waals surface area contributed by atoms with Crippen LogP contribution in [0.2, 0.25) is 0 Å². The van der Waals surface area contributed by atoms with Crippen LogP contribution in [-0.2, 0) is 17.8 Å². The van der Waals surface area contributed by atoms with Crippen molar-refractivity contribution in [1.29, 1.82) is 0 Å². The van der Waals surface area contributed by atoms with E-state index in [1.165, 1.54) is 11.3 Å². The maximum Gasteiger partial charge on any atom is 0.251 e. The summed E-state index contributed by atoms with van der Waals surface area (Å²) in [4.78, 5) is 15.0. The van der Waals surface area contributed by atoms with E-state index in [0.717, 1.165) is 13.0 Å². The molecule has 1 aromatic heterocycles. The van der Waals surface area contributed by atoms with Crippen molar-refractivity contribution in [3.63, 3.8) is 0 Å². The van der Waals surface area contributed by atoms with Crippen molar-refractivity contribution < 1.29 is 13.9 Å². The summed E-state index contributed by atoms with van der Waals surface area (Å²) in [5.41, 5.74) is 3.89. The second kappa shape index (κ2) is 8.45. The highest BCUT2D eigenvalue weighted by Crippen LogP contribution is 2.31. The van der Waals surface area contributed by atoms with Gasteiger partial charge >= 0.3 is 0 Å². The Morgan fingerprint density at radius 3 is 2.97 bits per heavy atom. The van der Waals surface area contributed by atoms with Gasteiger partial charge in [-0.3, -0.25) is 4.79 Å². The molecule has 1 atom stereocenters. The molecule has 0 saturated heterocycles. The highest BCUT2D eigenvalue weighted by Gasteiger charge is 2.25. The molecular weight excluding hydrogens is 368 g/mol. The van der Waals surface area contributed by atoms with Crippen molar-refractivity contribution >= 4 is 11.6 Å². The zero-order valence-electron chi connectivity index (χ0n) is 16.6. The number of carbonyl (C=O) groups is 1. The fourth-order valence-electron chi connectivity index (χ4n) is 3.71. The minimum atomic E-state index is -0.122. The highest BCUT2D eigenvalue weighted by molar-refractivity contribution is 5.95. The molecule has 3 aromatic rings. The summed E-state index contributed by atoms with van der Waals surface area (Å²) in [7, 11) is 1.57. The molecule has 0 fully saturated rings. The summed E-state index contributed by atoms with van der Waals surface area (Å²) >= 11 is 0. The molecule has 1 aliphatic rings. The summed E-state index contributed by atoms with van der Waals surface area (Å²) < 4.78 is 10.5. The summed E-state index contributed by atoms with van der Waals surface area (Å²) in [5.74, 6) is 0.648. The maximum absolute atomic E-state index is 12.6. The first-order chi connectivity index (χ1) is 14.2. The molecule has 2 aromatic carbocycles. The molecule has 150 valence electrons. The molecule has 1 aliphatic heterocycles. The Hall–Kier alpha value is -3.19. The average molecular weight is 392 g/mol. The lowest BCUT2D eigenvalue weighted by Crippen LogP contribution is -2.37. The normalized spacial score (nSPS) is 15.4. The topological polar surface area (TPSA) is 80.5 Å². The van der Waals surface area contributed by atoms with Crippen LogP contribution >= 0.6 is 0 Å². The standard InChI is InChI=1S/C22H24N4O3/c1-15-12-16-6-3-4-9-19(16)26(15)11-10-23-21(27)17-7-5-8-18(13-17)22-25-24-20(29-22)14-28-2/h3-9,13,15H,10-12,14H2,1-2H3,(H,23,27). The van der Waals surface area contributed by atoms with E-state index in [1.54, 1.807) is 19.2 Å². The summed E-state index contributed by atoms with van der Waals surface area (Å²) in [6, 6.07) is 16.1. The quantitative estimate of drug-likeness (QED) is 0.666. The number of ether oxygens (including phenoxy) is 1. The Labute approximate surface area is 169 Å². The van der Waals surface area contributed by atoms with E-state index in [-0.39, 0.29) is 12.5 Å². The second-order valence-electron chi connectivity index (χ2n) is 7.15. The Balaban J connectivity index is 1.38. The molecule has 0 radical (unpaired) electrons. The number of nitrogens with zero attached hydrogens (tertiary/aromatic N) is 3. The monoisotopic (exact) mass is 392 g/mol. The third-order valence-electron chi connectivity index (χ3n) is 5.09. The van der Waals surface area contributed by atoms with E-state index < -0.39 is 0 Å². The van der Waals surface area contributed by atoms with Crippen LogP contribution in [0.15, 0.2) is 52.9 Å². The van der Waals surface area contributed by atoms with Gasteiger partial charge in [0.25, 0.3) is 5.91 Å². The molecule has 29 heavy (non-hydrogen) atoms. The summed E-state index contributed by atoms with van der Waals surface area (Å²) in [5, 5.41) is 11.0. The SMILES string of the molecule is COCc1nnc(-c2cccc(C(=O)NCCN3c4ccccc4CC3C)c2)o1. The van der Waals surface area contributed by atoms with Crippen molar-refractivity contribution in [2.45, 2.75) is 26.0 Å². The van der Waals surface area contributed by atoms with Gasteiger partial charge in [0.15, 0.2) is 0 Å². The van der Waals surface area contributed by atoms with Gasteiger partial charge in [-0.15, -0.1) is 10.2 Å². The first-order valence-corrected chi connectivity index (χ1v) is 9.70. The Morgan fingerprint density at radius 1 is 1.24 bits per heavy atom. The largest absolute Gasteiger partial charge is 0.418 e. The van der Waals surface area contributed by atoms with Crippen molar-refractivity contribution in [2.24, 2.45) is 0 Å². The van der Waals surface area contributed by atoms with E-state index >= 15 is 0 Å². The van der Waals surface area contributed by atoms with Crippen LogP contribution < -0.4 is 10.2 Å². The van der Waals surface area contributed by atoms with Crippen molar-refractivity contribution in [2.75, 3.05) is 25.1 Å². The molecule has 1 amide bonds. The minimum Gasteiger partial charge on any atom is -0.418 e. The lowest BCUT2D eigenvalue weighted by Gasteiger charge is -2.25. The molecule has 0 aliphatic carbocycles. The summed E-state index contributed by atoms with van der Waals surface area (Å²) in [6.45, 7) is 3.81. The van der Waals surface area contributed by atoms with E-state index in [0.29, 0.717) is 35.5 Å². The van der Waals surface area contributed by atoms with E-state index in [1.807, 2.05) is 12.1 Å². The Morgan fingerprint density at radius 2 is 2.10 bits per heavy atom. The van der Waals surface area contributed by atoms with Gasteiger partial charge in [0.2, 0.25) is 11.8 Å². The van der Waals surface area contributed by atoms with Crippen LogP contribution in [0.25, 0.3) is 11.5 Å². The van der Waals surface area contributed by atoms with Gasteiger partial charge in [0.1, 0.15) is 6.61 Å². The van der Waals surface area contributed by atoms with Gasteiger partial charge in [-0.2, -0.15) is 0 Å². The van der Waals surface area contributed by atoms with Crippen LogP contribution in [0.5, 0.6) is 0 Å². The first-order valence-electron chi connectivity index (χ1n) is 9.70. The fourth-order valence-corrected chi connectivity index (χ4v) is 3.71. The van der Waals surface area contributed by atoms with Gasteiger partial charge in [0, 0.05) is 43.1 Å². The molecule has 4 rings (SSSR count). The Bertz CT molecular complexity index is 1000. The number of fused-ring (bicyclic) bond motifs is 1. The predicted molar refractivity (Wildman–Crippen MR) is 110 cm³/mol. The van der Waals surface area contributed by atoms with Crippen molar-refractivity contribution in [3.8, 4) is 11.5 Å². The van der Waals surface area contributed by atoms with Gasteiger partial charge in [-0.1, -0.05) is 24.3 Å². The molecule has 1 unspecified atom stereocenters. The lowest BCUT2D eigenvalue weighted by molar-refractivity contribution is 0.0954. The predicted octanol–water partition coefficient (Wildman–Crippen LogP) is 3.06. The molecule has 7 nitrogen and oxygen atoms in total. The fraction of sp³-hybridized carbons (Fsp3) is 0.318. The zero-order valence-corrected chi connectivity index (χ0v) is 16.6. The van der Waals surface area contributed by atoms with Gasteiger partial charge in [0.05, 0.1) is 0 Å². The molecule has 2 heterocycles. The van der Waals surface area contributed by atoms with E-state index in [2.05, 4.69) is 51.6 Å². The number of hydrogen-bond acceptors (Lipinski definition) is 6. The zero-order chi connectivity index (χ0) is 20.2.